The van der Waals surface area contributed by atoms with Crippen LogP contribution in [0.25, 0.3) is 11.0 Å². The van der Waals surface area contributed by atoms with Gasteiger partial charge >= 0.3 is 5.97 Å². The number of aromatic carboxylic acids is 1. The number of para-hydroxylation sites is 1. The molecular formula is C23H23NO4. The number of carboxylic acid groups (broad SMARTS) is 1. The fourth-order valence-electron chi connectivity index (χ4n) is 4.48. The molecule has 1 spiro atoms. The highest BCUT2D eigenvalue weighted by atomic mass is 16.5. The lowest BCUT2D eigenvalue weighted by molar-refractivity contribution is -0.0163. The lowest BCUT2D eigenvalue weighted by atomic mass is 9.83. The molecule has 5 nitrogen and oxygen atoms in total. The van der Waals surface area contributed by atoms with E-state index in [9.17, 15) is 4.79 Å². The second-order valence-corrected chi connectivity index (χ2v) is 7.96. The fourth-order valence-corrected chi connectivity index (χ4v) is 4.48. The number of nitrogens with zero attached hydrogens (tertiary/aromatic N) is 1. The number of piperidine rings is 1. The summed E-state index contributed by atoms with van der Waals surface area (Å²) >= 11 is 0. The van der Waals surface area contributed by atoms with Crippen molar-refractivity contribution in [3.63, 3.8) is 0 Å². The lowest BCUT2D eigenvalue weighted by Gasteiger charge is -2.44. The lowest BCUT2D eigenvalue weighted by Crippen LogP contribution is -2.49. The van der Waals surface area contributed by atoms with Crippen LogP contribution >= 0.6 is 0 Å². The van der Waals surface area contributed by atoms with Gasteiger partial charge in [0.15, 0.2) is 0 Å². The molecule has 28 heavy (non-hydrogen) atoms. The average Bonchev–Trinajstić information content (AvgIpc) is 3.14. The van der Waals surface area contributed by atoms with Gasteiger partial charge in [0.05, 0.1) is 0 Å². The first-order valence-electron chi connectivity index (χ1n) is 9.85. The number of carboxylic acids is 1. The van der Waals surface area contributed by atoms with E-state index in [1.54, 1.807) is 6.07 Å². The zero-order valence-electron chi connectivity index (χ0n) is 15.7. The van der Waals surface area contributed by atoms with Gasteiger partial charge in [-0.15, -0.1) is 0 Å². The molecule has 0 aliphatic carbocycles. The quantitative estimate of drug-likeness (QED) is 0.729. The number of hydrogen-bond acceptors (Lipinski definition) is 4. The minimum Gasteiger partial charge on any atom is -0.487 e. The zero-order chi connectivity index (χ0) is 19.1. The Morgan fingerprint density at radius 3 is 2.71 bits per heavy atom. The monoisotopic (exact) mass is 377 g/mol. The number of aryl methyl sites for hydroxylation is 1. The molecule has 0 amide bonds. The molecule has 5 rings (SSSR count). The van der Waals surface area contributed by atoms with Gasteiger partial charge in [-0.25, -0.2) is 4.79 Å². The zero-order valence-corrected chi connectivity index (χ0v) is 15.7. The van der Waals surface area contributed by atoms with E-state index in [1.807, 2.05) is 18.2 Å². The Morgan fingerprint density at radius 1 is 1.07 bits per heavy atom. The minimum absolute atomic E-state index is 0.0122. The highest BCUT2D eigenvalue weighted by molar-refractivity contribution is 5.91. The van der Waals surface area contributed by atoms with Crippen LogP contribution in [-0.4, -0.2) is 34.7 Å². The molecule has 1 fully saturated rings. The summed E-state index contributed by atoms with van der Waals surface area (Å²) in [6.07, 6.45) is 4.27. The largest absolute Gasteiger partial charge is 0.487 e. The highest BCUT2D eigenvalue weighted by Crippen LogP contribution is 2.39. The van der Waals surface area contributed by atoms with Crippen molar-refractivity contribution >= 4 is 16.9 Å². The van der Waals surface area contributed by atoms with Crippen LogP contribution in [0.2, 0.25) is 0 Å². The Kier molecular flexibility index (Phi) is 4.13. The molecule has 3 heterocycles. The van der Waals surface area contributed by atoms with Gasteiger partial charge < -0.3 is 14.3 Å². The Hall–Kier alpha value is -2.79. The number of hydrogen-bond donors (Lipinski definition) is 1. The second-order valence-electron chi connectivity index (χ2n) is 7.96. The number of ether oxygens (including phenoxy) is 1. The first-order valence-corrected chi connectivity index (χ1v) is 9.85. The molecule has 144 valence electrons. The molecule has 3 aromatic rings. The van der Waals surface area contributed by atoms with E-state index in [4.69, 9.17) is 14.3 Å². The molecule has 1 N–H and O–H groups in total. The van der Waals surface area contributed by atoms with Crippen LogP contribution in [0.3, 0.4) is 0 Å². The molecule has 0 unspecified atom stereocenters. The highest BCUT2D eigenvalue weighted by Gasteiger charge is 2.39. The van der Waals surface area contributed by atoms with E-state index in [0.29, 0.717) is 5.58 Å². The van der Waals surface area contributed by atoms with Gasteiger partial charge in [-0.3, -0.25) is 4.90 Å². The van der Waals surface area contributed by atoms with Crippen LogP contribution in [0, 0.1) is 0 Å². The third-order valence-electron chi connectivity index (χ3n) is 6.11. The van der Waals surface area contributed by atoms with Crippen molar-refractivity contribution in [1.82, 2.24) is 4.90 Å². The van der Waals surface area contributed by atoms with Gasteiger partial charge in [-0.05, 0) is 61.1 Å². The summed E-state index contributed by atoms with van der Waals surface area (Å²) in [6.45, 7) is 2.87. The number of likely N-dealkylation sites (tertiary alicyclic amines) is 1. The van der Waals surface area contributed by atoms with Gasteiger partial charge in [0.25, 0.3) is 0 Å². The van der Waals surface area contributed by atoms with Crippen LogP contribution in [0.5, 0.6) is 5.75 Å². The number of rotatable bonds is 3. The van der Waals surface area contributed by atoms with Crippen molar-refractivity contribution in [2.24, 2.45) is 0 Å². The van der Waals surface area contributed by atoms with Crippen LogP contribution < -0.4 is 4.74 Å². The standard InChI is InChI=1S/C23H23NO4/c25-22(26)21-14-18-13-16(5-6-19(18)27-21)15-24-11-9-23(10-12-24)8-7-17-3-1-2-4-20(17)28-23/h1-6,13-14H,7-12,15H2,(H,25,26). The Bertz CT molecular complexity index is 1030. The number of carbonyl (C=O) groups is 1. The molecule has 2 aliphatic heterocycles. The van der Waals surface area contributed by atoms with E-state index < -0.39 is 5.97 Å². The van der Waals surface area contributed by atoms with Gasteiger partial charge in [0, 0.05) is 25.0 Å². The van der Waals surface area contributed by atoms with Gasteiger partial charge in [0.2, 0.25) is 5.76 Å². The predicted octanol–water partition coefficient (Wildman–Crippen LogP) is 4.49. The molecule has 0 atom stereocenters. The summed E-state index contributed by atoms with van der Waals surface area (Å²) < 4.78 is 11.8. The number of benzene rings is 2. The molecule has 1 aromatic heterocycles. The SMILES string of the molecule is O=C(O)c1cc2cc(CN3CCC4(CCc5ccccc5O4)CC3)ccc2o1. The maximum Gasteiger partial charge on any atom is 0.371 e. The van der Waals surface area contributed by atoms with Crippen molar-refractivity contribution in [3.05, 3.63) is 65.4 Å². The molecule has 2 aliphatic rings. The van der Waals surface area contributed by atoms with Crippen molar-refractivity contribution in [2.75, 3.05) is 13.1 Å². The van der Waals surface area contributed by atoms with Gasteiger partial charge in [-0.2, -0.15) is 0 Å². The molecule has 0 bridgehead atoms. The summed E-state index contributed by atoms with van der Waals surface area (Å²) in [6, 6.07) is 15.9. The minimum atomic E-state index is -1.03. The molecule has 0 radical (unpaired) electrons. The van der Waals surface area contributed by atoms with Gasteiger partial charge in [-0.1, -0.05) is 24.3 Å². The average molecular weight is 377 g/mol. The molecule has 1 saturated heterocycles. The summed E-state index contributed by atoms with van der Waals surface area (Å²) in [5.74, 6) is 0.0109. The Labute approximate surface area is 163 Å². The van der Waals surface area contributed by atoms with E-state index in [-0.39, 0.29) is 11.4 Å². The van der Waals surface area contributed by atoms with Crippen molar-refractivity contribution < 1.29 is 19.1 Å². The third kappa shape index (κ3) is 3.16. The number of furan rings is 1. The second kappa shape index (κ2) is 6.67. The number of fused-ring (bicyclic) bond motifs is 2. The van der Waals surface area contributed by atoms with Crippen LogP contribution in [0.1, 0.15) is 40.9 Å². The molecular weight excluding hydrogens is 354 g/mol. The maximum absolute atomic E-state index is 11.1. The Balaban J connectivity index is 1.25. The fraction of sp³-hybridized carbons (Fsp3) is 0.348. The molecule has 0 saturated carbocycles. The third-order valence-corrected chi connectivity index (χ3v) is 6.11. The van der Waals surface area contributed by atoms with E-state index in [1.165, 1.54) is 11.1 Å². The van der Waals surface area contributed by atoms with E-state index in [0.717, 1.165) is 56.5 Å². The first-order chi connectivity index (χ1) is 13.6. The Morgan fingerprint density at radius 2 is 1.89 bits per heavy atom. The van der Waals surface area contributed by atoms with Crippen molar-refractivity contribution in [3.8, 4) is 5.75 Å². The van der Waals surface area contributed by atoms with Crippen LogP contribution in [-0.2, 0) is 13.0 Å². The summed E-state index contributed by atoms with van der Waals surface area (Å²) in [5, 5.41) is 9.93. The maximum atomic E-state index is 11.1. The van der Waals surface area contributed by atoms with Crippen LogP contribution in [0.4, 0.5) is 0 Å². The van der Waals surface area contributed by atoms with E-state index in [2.05, 4.69) is 29.2 Å². The normalized spacial score (nSPS) is 18.7. The van der Waals surface area contributed by atoms with E-state index >= 15 is 0 Å². The summed E-state index contributed by atoms with van der Waals surface area (Å²) in [4.78, 5) is 13.5. The van der Waals surface area contributed by atoms with Gasteiger partial charge in [0.1, 0.15) is 16.9 Å². The summed E-state index contributed by atoms with van der Waals surface area (Å²) in [5.41, 5.74) is 3.10. The predicted molar refractivity (Wildman–Crippen MR) is 106 cm³/mol. The molecule has 2 aromatic carbocycles. The smallest absolute Gasteiger partial charge is 0.371 e. The van der Waals surface area contributed by atoms with Crippen molar-refractivity contribution in [2.45, 2.75) is 37.8 Å². The van der Waals surface area contributed by atoms with Crippen molar-refractivity contribution in [1.29, 1.82) is 0 Å². The molecule has 5 heteroatoms. The first kappa shape index (κ1) is 17.3. The topological polar surface area (TPSA) is 62.9 Å². The van der Waals surface area contributed by atoms with Crippen LogP contribution in [0.15, 0.2) is 52.9 Å². The summed E-state index contributed by atoms with van der Waals surface area (Å²) in [7, 11) is 0.